The molecule has 0 aliphatic carbocycles. The second-order valence-corrected chi connectivity index (χ2v) is 5.51. The number of hydrogen-bond acceptors (Lipinski definition) is 4. The Morgan fingerprint density at radius 3 is 3.00 bits per heavy atom. The zero-order chi connectivity index (χ0) is 11.9. The number of alkyl halides is 1. The zero-order valence-corrected chi connectivity index (χ0v) is 11.5. The minimum Gasteiger partial charge on any atom is -0.490 e. The Balaban J connectivity index is 1.77. The lowest BCUT2D eigenvalue weighted by molar-refractivity contribution is -0.142. The minimum atomic E-state index is -0.522. The first kappa shape index (κ1) is 11.4. The van der Waals surface area contributed by atoms with Crippen molar-refractivity contribution < 1.29 is 18.7 Å². The van der Waals surface area contributed by atoms with Crippen LogP contribution >= 0.6 is 22.6 Å². The molecule has 1 unspecified atom stereocenters. The van der Waals surface area contributed by atoms with Gasteiger partial charge in [0.15, 0.2) is 5.75 Å². The summed E-state index contributed by atoms with van der Waals surface area (Å²) in [5, 5.41) is 0. The minimum absolute atomic E-state index is 0.148. The van der Waals surface area contributed by atoms with E-state index in [4.69, 9.17) is 13.9 Å². The van der Waals surface area contributed by atoms with E-state index in [1.807, 2.05) is 6.07 Å². The van der Waals surface area contributed by atoms with E-state index in [-0.39, 0.29) is 5.97 Å². The fourth-order valence-electron chi connectivity index (χ4n) is 2.43. The fourth-order valence-corrected chi connectivity index (χ4v) is 2.75. The van der Waals surface area contributed by atoms with Gasteiger partial charge in [-0.15, -0.1) is 0 Å². The smallest absolute Gasteiger partial charge is 0.320 e. The standard InChI is InChI=1S/C12H13IO4/c13-3-1-4-15-8-6-10-12(7-9(8)17-10)2-5-16-11(12)14/h6H,1-5,7H2. The van der Waals surface area contributed by atoms with Gasteiger partial charge >= 0.3 is 5.97 Å². The van der Waals surface area contributed by atoms with Crippen LogP contribution in [0.1, 0.15) is 24.4 Å². The fraction of sp³-hybridized carbons (Fsp3) is 0.583. The predicted molar refractivity (Wildman–Crippen MR) is 68.7 cm³/mol. The molecule has 1 aromatic heterocycles. The molecule has 1 aromatic rings. The van der Waals surface area contributed by atoms with Crippen LogP contribution in [0.25, 0.3) is 0 Å². The number of ether oxygens (including phenoxy) is 2. The molecule has 2 bridgehead atoms. The Kier molecular flexibility index (Phi) is 2.80. The zero-order valence-electron chi connectivity index (χ0n) is 9.33. The van der Waals surface area contributed by atoms with Crippen LogP contribution in [0.2, 0.25) is 0 Å². The van der Waals surface area contributed by atoms with Crippen molar-refractivity contribution in [2.24, 2.45) is 0 Å². The number of rotatable bonds is 4. The van der Waals surface area contributed by atoms with Gasteiger partial charge in [0, 0.05) is 23.3 Å². The van der Waals surface area contributed by atoms with Crippen molar-refractivity contribution in [2.75, 3.05) is 17.6 Å². The molecule has 1 fully saturated rings. The average molecular weight is 348 g/mol. The van der Waals surface area contributed by atoms with E-state index in [0.717, 1.165) is 34.5 Å². The average Bonchev–Trinajstić information content (AvgIpc) is 2.96. The van der Waals surface area contributed by atoms with Gasteiger partial charge in [0.05, 0.1) is 13.2 Å². The summed E-state index contributed by atoms with van der Waals surface area (Å²) in [5.74, 6) is 2.17. The maximum absolute atomic E-state index is 11.7. The molecule has 2 aliphatic heterocycles. The van der Waals surface area contributed by atoms with Crippen LogP contribution in [0, 0.1) is 0 Å². The molecule has 4 nitrogen and oxygen atoms in total. The van der Waals surface area contributed by atoms with Crippen LogP contribution in [0.3, 0.4) is 0 Å². The van der Waals surface area contributed by atoms with Crippen molar-refractivity contribution in [1.29, 1.82) is 0 Å². The van der Waals surface area contributed by atoms with E-state index >= 15 is 0 Å². The molecule has 0 amide bonds. The molecule has 5 heteroatoms. The highest BCUT2D eigenvalue weighted by Crippen LogP contribution is 2.48. The Bertz CT molecular complexity index is 453. The van der Waals surface area contributed by atoms with E-state index in [9.17, 15) is 4.79 Å². The summed E-state index contributed by atoms with van der Waals surface area (Å²) < 4.78 is 17.4. The molecule has 92 valence electrons. The van der Waals surface area contributed by atoms with Gasteiger partial charge in [-0.25, -0.2) is 0 Å². The third-order valence-electron chi connectivity index (χ3n) is 3.39. The second kappa shape index (κ2) is 4.19. The molecule has 17 heavy (non-hydrogen) atoms. The first-order valence-electron chi connectivity index (χ1n) is 5.75. The van der Waals surface area contributed by atoms with Gasteiger partial charge in [-0.3, -0.25) is 4.79 Å². The van der Waals surface area contributed by atoms with Crippen LogP contribution in [0.15, 0.2) is 10.5 Å². The van der Waals surface area contributed by atoms with Gasteiger partial charge in [-0.2, -0.15) is 0 Å². The maximum atomic E-state index is 11.7. The third kappa shape index (κ3) is 1.66. The second-order valence-electron chi connectivity index (χ2n) is 4.43. The number of hydrogen-bond donors (Lipinski definition) is 0. The Morgan fingerprint density at radius 2 is 2.41 bits per heavy atom. The Hall–Kier alpha value is -0.720. The van der Waals surface area contributed by atoms with Crippen molar-refractivity contribution in [3.05, 3.63) is 17.6 Å². The predicted octanol–water partition coefficient (Wildman–Crippen LogP) is 2.22. The highest BCUT2D eigenvalue weighted by atomic mass is 127. The lowest BCUT2D eigenvalue weighted by atomic mass is 9.79. The van der Waals surface area contributed by atoms with Crippen LogP contribution in [0.4, 0.5) is 0 Å². The molecule has 2 aliphatic rings. The number of cyclic esters (lactones) is 1. The van der Waals surface area contributed by atoms with Crippen molar-refractivity contribution in [3.63, 3.8) is 0 Å². The van der Waals surface area contributed by atoms with Crippen LogP contribution < -0.4 is 4.74 Å². The molecular weight excluding hydrogens is 335 g/mol. The van der Waals surface area contributed by atoms with Gasteiger partial charge in [0.2, 0.25) is 0 Å². The van der Waals surface area contributed by atoms with Crippen molar-refractivity contribution >= 4 is 28.6 Å². The molecule has 1 saturated heterocycles. The summed E-state index contributed by atoms with van der Waals surface area (Å²) in [6, 6.07) is 1.86. The number of furan rings is 1. The van der Waals surface area contributed by atoms with Gasteiger partial charge in [-0.1, -0.05) is 22.6 Å². The summed E-state index contributed by atoms with van der Waals surface area (Å²) >= 11 is 2.32. The Morgan fingerprint density at radius 1 is 1.53 bits per heavy atom. The molecule has 0 N–H and O–H groups in total. The Labute approximate surface area is 113 Å². The number of esters is 1. The number of carbonyl (C=O) groups excluding carboxylic acids is 1. The molecule has 0 aromatic carbocycles. The quantitative estimate of drug-likeness (QED) is 0.362. The largest absolute Gasteiger partial charge is 0.490 e. The summed E-state index contributed by atoms with van der Waals surface area (Å²) in [6.07, 6.45) is 2.35. The lowest BCUT2D eigenvalue weighted by Gasteiger charge is -2.18. The van der Waals surface area contributed by atoms with Crippen LogP contribution in [0.5, 0.6) is 5.75 Å². The van der Waals surface area contributed by atoms with Gasteiger partial charge < -0.3 is 13.9 Å². The van der Waals surface area contributed by atoms with Crippen molar-refractivity contribution in [3.8, 4) is 5.75 Å². The number of halogens is 1. The summed E-state index contributed by atoms with van der Waals surface area (Å²) in [6.45, 7) is 1.20. The van der Waals surface area contributed by atoms with E-state index in [1.54, 1.807) is 0 Å². The summed E-state index contributed by atoms with van der Waals surface area (Å²) in [5.41, 5.74) is -0.522. The van der Waals surface area contributed by atoms with Crippen LogP contribution in [-0.4, -0.2) is 23.6 Å². The van der Waals surface area contributed by atoms with Crippen molar-refractivity contribution in [1.82, 2.24) is 0 Å². The molecule has 3 rings (SSSR count). The normalized spacial score (nSPS) is 25.6. The number of carbonyl (C=O) groups is 1. The number of fused-ring (bicyclic) bond motifs is 3. The lowest BCUT2D eigenvalue weighted by Crippen LogP contribution is -2.31. The van der Waals surface area contributed by atoms with Gasteiger partial charge in [0.25, 0.3) is 0 Å². The molecule has 0 saturated carbocycles. The van der Waals surface area contributed by atoms with E-state index in [1.165, 1.54) is 0 Å². The highest BCUT2D eigenvalue weighted by molar-refractivity contribution is 14.1. The molecular formula is C12H13IO4. The SMILES string of the molecule is O=C1OCCC12Cc1oc2cc1OCCCI. The summed E-state index contributed by atoms with van der Waals surface area (Å²) in [4.78, 5) is 11.7. The maximum Gasteiger partial charge on any atom is 0.320 e. The van der Waals surface area contributed by atoms with Gasteiger partial charge in [0.1, 0.15) is 16.9 Å². The van der Waals surface area contributed by atoms with Crippen molar-refractivity contribution in [2.45, 2.75) is 24.7 Å². The van der Waals surface area contributed by atoms with Gasteiger partial charge in [-0.05, 0) is 6.42 Å². The first-order chi connectivity index (χ1) is 8.26. The molecule has 3 heterocycles. The van der Waals surface area contributed by atoms with E-state index in [0.29, 0.717) is 19.6 Å². The van der Waals surface area contributed by atoms with E-state index < -0.39 is 5.41 Å². The van der Waals surface area contributed by atoms with E-state index in [2.05, 4.69) is 22.6 Å². The first-order valence-corrected chi connectivity index (χ1v) is 7.28. The molecule has 1 atom stereocenters. The third-order valence-corrected chi connectivity index (χ3v) is 4.16. The monoisotopic (exact) mass is 348 g/mol. The highest BCUT2D eigenvalue weighted by Gasteiger charge is 2.54. The summed E-state index contributed by atoms with van der Waals surface area (Å²) in [7, 11) is 0. The topological polar surface area (TPSA) is 48.7 Å². The molecule has 1 spiro atoms. The molecule has 0 radical (unpaired) electrons. The van der Waals surface area contributed by atoms with Crippen LogP contribution in [-0.2, 0) is 21.4 Å².